The number of nitrogens with two attached hydrogens (primary N) is 1. The summed E-state index contributed by atoms with van der Waals surface area (Å²) in [6.07, 6.45) is -4.22. The van der Waals surface area contributed by atoms with E-state index in [-0.39, 0.29) is 13.1 Å². The Morgan fingerprint density at radius 1 is 1.47 bits per heavy atom. The SMILES string of the molecule is CCN(CC(F)(F)F)C(CN)c1ccc(Cl)s1. The topological polar surface area (TPSA) is 29.3 Å². The summed E-state index contributed by atoms with van der Waals surface area (Å²) in [5.74, 6) is 0. The molecule has 0 aliphatic heterocycles. The van der Waals surface area contributed by atoms with Gasteiger partial charge in [0.15, 0.2) is 0 Å². The number of alkyl halides is 3. The first kappa shape index (κ1) is 14.8. The van der Waals surface area contributed by atoms with Crippen LogP contribution in [-0.2, 0) is 0 Å². The van der Waals surface area contributed by atoms with Crippen molar-refractivity contribution in [2.45, 2.75) is 19.1 Å². The minimum absolute atomic E-state index is 0.140. The average molecular weight is 287 g/mol. The molecule has 0 saturated carbocycles. The van der Waals surface area contributed by atoms with Gasteiger partial charge in [-0.3, -0.25) is 4.90 Å². The highest BCUT2D eigenvalue weighted by molar-refractivity contribution is 7.16. The van der Waals surface area contributed by atoms with E-state index in [1.165, 1.54) is 16.2 Å². The van der Waals surface area contributed by atoms with E-state index in [9.17, 15) is 13.2 Å². The second-order valence-electron chi connectivity index (χ2n) is 3.57. The predicted molar refractivity (Wildman–Crippen MR) is 64.4 cm³/mol. The van der Waals surface area contributed by atoms with Crippen LogP contribution in [0.4, 0.5) is 13.2 Å². The van der Waals surface area contributed by atoms with Crippen LogP contribution in [0, 0.1) is 0 Å². The van der Waals surface area contributed by atoms with Crippen LogP contribution in [0.5, 0.6) is 0 Å². The Morgan fingerprint density at radius 3 is 2.47 bits per heavy atom. The lowest BCUT2D eigenvalue weighted by atomic mass is 10.2. The quantitative estimate of drug-likeness (QED) is 0.900. The lowest BCUT2D eigenvalue weighted by molar-refractivity contribution is -0.150. The van der Waals surface area contributed by atoms with E-state index < -0.39 is 18.8 Å². The van der Waals surface area contributed by atoms with Gasteiger partial charge in [-0.15, -0.1) is 11.3 Å². The molecule has 7 heteroatoms. The smallest absolute Gasteiger partial charge is 0.329 e. The Kier molecular flexibility index (Phi) is 5.24. The first-order chi connectivity index (χ1) is 7.87. The Hall–Kier alpha value is -0.300. The van der Waals surface area contributed by atoms with E-state index in [4.69, 9.17) is 17.3 Å². The molecule has 0 saturated heterocycles. The van der Waals surface area contributed by atoms with Crippen LogP contribution >= 0.6 is 22.9 Å². The maximum absolute atomic E-state index is 12.4. The van der Waals surface area contributed by atoms with E-state index in [2.05, 4.69) is 0 Å². The third-order valence-electron chi connectivity index (χ3n) is 2.38. The van der Waals surface area contributed by atoms with Gasteiger partial charge >= 0.3 is 6.18 Å². The first-order valence-corrected chi connectivity index (χ1v) is 6.33. The monoisotopic (exact) mass is 286 g/mol. The lowest BCUT2D eigenvalue weighted by Crippen LogP contribution is -2.39. The van der Waals surface area contributed by atoms with Crippen LogP contribution < -0.4 is 5.73 Å². The molecule has 1 unspecified atom stereocenters. The van der Waals surface area contributed by atoms with E-state index in [0.717, 1.165) is 4.88 Å². The summed E-state index contributed by atoms with van der Waals surface area (Å²) >= 11 is 7.05. The van der Waals surface area contributed by atoms with Gasteiger partial charge in [-0.1, -0.05) is 18.5 Å². The molecule has 0 aliphatic rings. The van der Waals surface area contributed by atoms with Crippen molar-refractivity contribution < 1.29 is 13.2 Å². The fraction of sp³-hybridized carbons (Fsp3) is 0.600. The third kappa shape index (κ3) is 4.46. The number of hydrogen-bond acceptors (Lipinski definition) is 3. The fourth-order valence-corrected chi connectivity index (χ4v) is 2.83. The van der Waals surface area contributed by atoms with Crippen molar-refractivity contribution >= 4 is 22.9 Å². The van der Waals surface area contributed by atoms with E-state index in [1.807, 2.05) is 0 Å². The molecule has 0 bridgehead atoms. The molecule has 2 nitrogen and oxygen atoms in total. The highest BCUT2D eigenvalue weighted by atomic mass is 35.5. The van der Waals surface area contributed by atoms with Gasteiger partial charge in [-0.25, -0.2) is 0 Å². The van der Waals surface area contributed by atoms with Gasteiger partial charge in [-0.2, -0.15) is 13.2 Å². The Labute approximate surface area is 107 Å². The zero-order valence-electron chi connectivity index (χ0n) is 9.30. The average Bonchev–Trinajstić information content (AvgIpc) is 2.62. The molecule has 1 rings (SSSR count). The minimum Gasteiger partial charge on any atom is -0.329 e. The van der Waals surface area contributed by atoms with Gasteiger partial charge < -0.3 is 5.73 Å². The number of thiophene rings is 1. The standard InChI is InChI=1S/C10H14ClF3N2S/c1-2-16(6-10(12,13)14)7(5-15)8-3-4-9(11)17-8/h3-4,7H,2,5-6,15H2,1H3. The number of halogens is 4. The summed E-state index contributed by atoms with van der Waals surface area (Å²) in [6, 6.07) is 2.97. The normalized spacial score (nSPS) is 14.3. The van der Waals surface area contributed by atoms with E-state index in [1.54, 1.807) is 19.1 Å². The van der Waals surface area contributed by atoms with Crippen molar-refractivity contribution in [1.29, 1.82) is 0 Å². The number of likely N-dealkylation sites (N-methyl/N-ethyl adjacent to an activating group) is 1. The number of rotatable bonds is 5. The van der Waals surface area contributed by atoms with Gasteiger partial charge in [0.05, 0.1) is 16.9 Å². The molecule has 1 aromatic rings. The highest BCUT2D eigenvalue weighted by Crippen LogP contribution is 2.31. The van der Waals surface area contributed by atoms with Crippen LogP contribution in [-0.4, -0.2) is 30.7 Å². The second-order valence-corrected chi connectivity index (χ2v) is 5.32. The molecule has 0 aromatic carbocycles. The van der Waals surface area contributed by atoms with Crippen LogP contribution in [0.1, 0.15) is 17.8 Å². The molecule has 0 aliphatic carbocycles. The fourth-order valence-electron chi connectivity index (χ4n) is 1.63. The summed E-state index contributed by atoms with van der Waals surface area (Å²) in [4.78, 5) is 2.07. The molecule has 0 fully saturated rings. The van der Waals surface area contributed by atoms with E-state index in [0.29, 0.717) is 4.34 Å². The molecule has 0 radical (unpaired) electrons. The third-order valence-corrected chi connectivity index (χ3v) is 3.71. The van der Waals surface area contributed by atoms with Crippen LogP contribution in [0.15, 0.2) is 12.1 Å². The molecule has 98 valence electrons. The molecule has 1 atom stereocenters. The maximum Gasteiger partial charge on any atom is 0.401 e. The van der Waals surface area contributed by atoms with Gasteiger partial charge in [0, 0.05) is 11.4 Å². The second kappa shape index (κ2) is 6.04. The van der Waals surface area contributed by atoms with Gasteiger partial charge in [0.1, 0.15) is 0 Å². The van der Waals surface area contributed by atoms with Crippen LogP contribution in [0.2, 0.25) is 4.34 Å². The van der Waals surface area contributed by atoms with Crippen molar-refractivity contribution in [3.05, 3.63) is 21.3 Å². The Morgan fingerprint density at radius 2 is 2.12 bits per heavy atom. The molecular weight excluding hydrogens is 273 g/mol. The van der Waals surface area contributed by atoms with Crippen molar-refractivity contribution in [1.82, 2.24) is 4.90 Å². The van der Waals surface area contributed by atoms with Gasteiger partial charge in [-0.05, 0) is 18.7 Å². The number of hydrogen-bond donors (Lipinski definition) is 1. The largest absolute Gasteiger partial charge is 0.401 e. The lowest BCUT2D eigenvalue weighted by Gasteiger charge is -2.29. The Balaban J connectivity index is 2.83. The summed E-state index contributed by atoms with van der Waals surface area (Å²) in [5, 5.41) is 0. The van der Waals surface area contributed by atoms with Crippen molar-refractivity contribution in [3.8, 4) is 0 Å². The first-order valence-electron chi connectivity index (χ1n) is 5.13. The van der Waals surface area contributed by atoms with Gasteiger partial charge in [0.25, 0.3) is 0 Å². The zero-order chi connectivity index (χ0) is 13.1. The zero-order valence-corrected chi connectivity index (χ0v) is 10.9. The molecular formula is C10H14ClF3N2S. The molecule has 2 N–H and O–H groups in total. The van der Waals surface area contributed by atoms with Crippen molar-refractivity contribution in [3.63, 3.8) is 0 Å². The Bertz CT molecular complexity index is 354. The molecule has 1 aromatic heterocycles. The van der Waals surface area contributed by atoms with Crippen LogP contribution in [0.25, 0.3) is 0 Å². The summed E-state index contributed by atoms with van der Waals surface area (Å²) in [7, 11) is 0. The molecule has 0 amide bonds. The minimum atomic E-state index is -4.22. The molecule has 0 spiro atoms. The van der Waals surface area contributed by atoms with Gasteiger partial charge in [0.2, 0.25) is 0 Å². The van der Waals surface area contributed by atoms with E-state index >= 15 is 0 Å². The van der Waals surface area contributed by atoms with Crippen molar-refractivity contribution in [2.75, 3.05) is 19.6 Å². The maximum atomic E-state index is 12.4. The summed E-state index contributed by atoms with van der Waals surface area (Å²) in [6.45, 7) is 1.15. The highest BCUT2D eigenvalue weighted by Gasteiger charge is 2.33. The number of nitrogens with zero attached hydrogens (tertiary/aromatic N) is 1. The van der Waals surface area contributed by atoms with Crippen LogP contribution in [0.3, 0.4) is 0 Å². The summed E-state index contributed by atoms with van der Waals surface area (Å²) in [5.41, 5.74) is 5.56. The molecule has 1 heterocycles. The predicted octanol–water partition coefficient (Wildman–Crippen LogP) is 3.29. The summed E-state index contributed by atoms with van der Waals surface area (Å²) < 4.78 is 37.8. The van der Waals surface area contributed by atoms with Crippen molar-refractivity contribution in [2.24, 2.45) is 5.73 Å². The molecule has 17 heavy (non-hydrogen) atoms.